The molecule has 2 aromatic rings. The molecule has 6 heteroatoms. The van der Waals surface area contributed by atoms with Crippen LogP contribution in [0.4, 0.5) is 10.5 Å². The summed E-state index contributed by atoms with van der Waals surface area (Å²) in [5.41, 5.74) is 0.892. The largest absolute Gasteiger partial charge is 1.00 e. The van der Waals surface area contributed by atoms with Crippen molar-refractivity contribution in [3.63, 3.8) is 0 Å². The van der Waals surface area contributed by atoms with Gasteiger partial charge in [-0.1, -0.05) is 18.2 Å². The van der Waals surface area contributed by atoms with Crippen molar-refractivity contribution in [2.24, 2.45) is 0 Å². The fourth-order valence-corrected chi connectivity index (χ4v) is 5.61. The van der Waals surface area contributed by atoms with E-state index in [0.717, 1.165) is 23.0 Å². The van der Waals surface area contributed by atoms with E-state index in [9.17, 15) is 4.79 Å². The fourth-order valence-electron chi connectivity index (χ4n) is 4.73. The molecule has 0 spiro atoms. The monoisotopic (exact) mass is 464 g/mol. The van der Waals surface area contributed by atoms with Gasteiger partial charge in [0.1, 0.15) is 6.10 Å². The Bertz CT molecular complexity index is 792. The fraction of sp³-hybridized carbons (Fsp3) is 0.500. The summed E-state index contributed by atoms with van der Waals surface area (Å²) in [6.07, 6.45) is 4.29. The Balaban J connectivity index is 0.00000225. The summed E-state index contributed by atoms with van der Waals surface area (Å²) in [7, 11) is 4.66. The summed E-state index contributed by atoms with van der Waals surface area (Å²) in [6, 6.07) is 15.3. The molecule has 2 saturated heterocycles. The first-order valence-electron chi connectivity index (χ1n) is 9.85. The van der Waals surface area contributed by atoms with Crippen LogP contribution < -0.4 is 21.9 Å². The highest BCUT2D eigenvalue weighted by atomic mass is 79.9. The van der Waals surface area contributed by atoms with Gasteiger partial charge in [0.25, 0.3) is 0 Å². The second-order valence-electron chi connectivity index (χ2n) is 8.43. The maximum absolute atomic E-state index is 13.1. The van der Waals surface area contributed by atoms with Crippen LogP contribution in [0.2, 0.25) is 0 Å². The van der Waals surface area contributed by atoms with Gasteiger partial charge in [-0.05, 0) is 31.2 Å². The molecule has 4 nitrogen and oxygen atoms in total. The summed E-state index contributed by atoms with van der Waals surface area (Å²) in [5, 5.41) is 0. The summed E-state index contributed by atoms with van der Waals surface area (Å²) in [4.78, 5) is 17.3. The molecule has 2 bridgehead atoms. The van der Waals surface area contributed by atoms with Crippen molar-refractivity contribution < 1.29 is 31.0 Å². The van der Waals surface area contributed by atoms with Crippen LogP contribution in [-0.2, 0) is 11.3 Å². The lowest BCUT2D eigenvalue weighted by atomic mass is 9.98. The average Bonchev–Trinajstić information content (AvgIpc) is 3.07. The maximum atomic E-state index is 13.1. The molecule has 2 atom stereocenters. The van der Waals surface area contributed by atoms with Gasteiger partial charge >= 0.3 is 6.09 Å². The molecule has 28 heavy (non-hydrogen) atoms. The van der Waals surface area contributed by atoms with Crippen LogP contribution in [0.5, 0.6) is 0 Å². The third-order valence-electron chi connectivity index (χ3n) is 6.45. The van der Waals surface area contributed by atoms with E-state index in [0.29, 0.717) is 18.6 Å². The topological polar surface area (TPSA) is 29.5 Å². The number of nitrogens with zero attached hydrogens (tertiary/aromatic N) is 2. The quantitative estimate of drug-likeness (QED) is 0.647. The predicted molar refractivity (Wildman–Crippen MR) is 110 cm³/mol. The van der Waals surface area contributed by atoms with Crippen molar-refractivity contribution >= 4 is 23.1 Å². The molecule has 1 aromatic carbocycles. The molecule has 1 amide bonds. The molecule has 0 saturated carbocycles. The van der Waals surface area contributed by atoms with Gasteiger partial charge in [0.15, 0.2) is 0 Å². The highest BCUT2D eigenvalue weighted by Gasteiger charge is 2.50. The molecule has 152 valence electrons. The van der Waals surface area contributed by atoms with Crippen LogP contribution in [0.15, 0.2) is 42.5 Å². The number of quaternary nitrogens is 1. The van der Waals surface area contributed by atoms with Crippen LogP contribution in [0, 0.1) is 6.92 Å². The molecule has 0 N–H and O–H groups in total. The van der Waals surface area contributed by atoms with Gasteiger partial charge in [0.2, 0.25) is 0 Å². The maximum Gasteiger partial charge on any atom is 0.414 e. The van der Waals surface area contributed by atoms with Gasteiger partial charge in [-0.15, -0.1) is 11.3 Å². The van der Waals surface area contributed by atoms with Gasteiger partial charge in [-0.3, -0.25) is 4.90 Å². The van der Waals surface area contributed by atoms with E-state index in [1.807, 2.05) is 30.3 Å². The van der Waals surface area contributed by atoms with Crippen molar-refractivity contribution in [3.8, 4) is 0 Å². The number of fused-ring (bicyclic) bond motifs is 2. The first-order chi connectivity index (χ1) is 12.9. The standard InChI is InChI=1S/C22H29N2O2S.BrH/c1-16-9-12-21(27-16)15-23(17-7-5-4-6-8-17)22(25)26-20-13-18-10-11-19(14-20)24(18,2)3;/h4-9,12,18-20H,10-11,13-15H2,1-3H3;1H/q+1;/p-1. The smallest absolute Gasteiger partial charge is 0.414 e. The highest BCUT2D eigenvalue weighted by Crippen LogP contribution is 2.40. The molecule has 1 aromatic heterocycles. The van der Waals surface area contributed by atoms with Crippen LogP contribution in [-0.4, -0.2) is 42.9 Å². The molecule has 2 aliphatic rings. The Morgan fingerprint density at radius 3 is 2.32 bits per heavy atom. The zero-order valence-corrected chi connectivity index (χ0v) is 19.2. The minimum Gasteiger partial charge on any atom is -1.00 e. The molecular formula is C22H29BrN2O2S. The number of halogens is 1. The number of ether oxygens (including phenoxy) is 1. The molecular weight excluding hydrogens is 436 g/mol. The summed E-state index contributed by atoms with van der Waals surface area (Å²) >= 11 is 1.73. The minimum atomic E-state index is -0.219. The number of carbonyl (C=O) groups excluding carboxylic acids is 1. The van der Waals surface area contributed by atoms with Crippen LogP contribution >= 0.6 is 11.3 Å². The number of benzene rings is 1. The Hall–Kier alpha value is -1.37. The Morgan fingerprint density at radius 2 is 1.75 bits per heavy atom. The number of rotatable bonds is 4. The van der Waals surface area contributed by atoms with Crippen LogP contribution in [0.25, 0.3) is 0 Å². The Kier molecular flexibility index (Phi) is 6.52. The molecule has 2 unspecified atom stereocenters. The first kappa shape index (κ1) is 21.3. The molecule has 2 fully saturated rings. The van der Waals surface area contributed by atoms with Gasteiger partial charge in [-0.2, -0.15) is 0 Å². The average molecular weight is 465 g/mol. The van der Waals surface area contributed by atoms with Crippen molar-refractivity contribution in [2.75, 3.05) is 19.0 Å². The summed E-state index contributed by atoms with van der Waals surface area (Å²) < 4.78 is 7.13. The van der Waals surface area contributed by atoms with Crippen LogP contribution in [0.1, 0.15) is 35.4 Å². The Morgan fingerprint density at radius 1 is 1.11 bits per heavy atom. The number of aryl methyl sites for hydroxylation is 1. The van der Waals surface area contributed by atoms with Gasteiger partial charge in [0.05, 0.1) is 32.7 Å². The normalized spacial score (nSPS) is 25.0. The van der Waals surface area contributed by atoms with E-state index >= 15 is 0 Å². The zero-order valence-electron chi connectivity index (χ0n) is 16.8. The van der Waals surface area contributed by atoms with Crippen molar-refractivity contribution in [1.29, 1.82) is 0 Å². The van der Waals surface area contributed by atoms with Crippen LogP contribution in [0.3, 0.4) is 0 Å². The van der Waals surface area contributed by atoms with E-state index in [1.54, 1.807) is 16.2 Å². The number of hydrogen-bond acceptors (Lipinski definition) is 3. The SMILES string of the molecule is Cc1ccc(CN(C(=O)OC2CC3CCC(C2)[N+]3(C)C)c2ccccc2)s1.[Br-]. The number of hydrogen-bond donors (Lipinski definition) is 0. The second-order valence-corrected chi connectivity index (χ2v) is 9.80. The van der Waals surface area contributed by atoms with Gasteiger partial charge in [0, 0.05) is 41.1 Å². The van der Waals surface area contributed by atoms with Gasteiger partial charge < -0.3 is 26.2 Å². The highest BCUT2D eigenvalue weighted by molar-refractivity contribution is 7.11. The van der Waals surface area contributed by atoms with E-state index in [-0.39, 0.29) is 29.2 Å². The number of carbonyl (C=O) groups is 1. The molecule has 0 radical (unpaired) electrons. The third-order valence-corrected chi connectivity index (χ3v) is 7.44. The summed E-state index contributed by atoms with van der Waals surface area (Å²) in [6.45, 7) is 2.65. The van der Waals surface area contributed by atoms with Crippen molar-refractivity contribution in [3.05, 3.63) is 52.2 Å². The van der Waals surface area contributed by atoms with Crippen molar-refractivity contribution in [2.45, 2.75) is 57.3 Å². The molecule has 2 aliphatic heterocycles. The minimum absolute atomic E-state index is 0. The predicted octanol–water partition coefficient (Wildman–Crippen LogP) is 1.97. The Labute approximate surface area is 182 Å². The number of piperidine rings is 1. The van der Waals surface area contributed by atoms with E-state index in [1.165, 1.54) is 22.6 Å². The number of thiophene rings is 1. The van der Waals surface area contributed by atoms with E-state index in [2.05, 4.69) is 33.2 Å². The molecule has 0 aliphatic carbocycles. The lowest BCUT2D eigenvalue weighted by Crippen LogP contribution is -3.00. The first-order valence-corrected chi connectivity index (χ1v) is 10.7. The van der Waals surface area contributed by atoms with Crippen molar-refractivity contribution in [1.82, 2.24) is 0 Å². The number of amides is 1. The lowest BCUT2D eigenvalue weighted by Gasteiger charge is -2.44. The van der Waals surface area contributed by atoms with E-state index < -0.39 is 0 Å². The number of para-hydroxylation sites is 1. The lowest BCUT2D eigenvalue weighted by molar-refractivity contribution is -0.931. The molecule has 3 heterocycles. The molecule has 4 rings (SSSR count). The second kappa shape index (κ2) is 8.56. The van der Waals surface area contributed by atoms with Gasteiger partial charge in [-0.25, -0.2) is 4.79 Å². The summed E-state index contributed by atoms with van der Waals surface area (Å²) in [5.74, 6) is 0. The third kappa shape index (κ3) is 4.29. The zero-order chi connectivity index (χ0) is 19.0. The van der Waals surface area contributed by atoms with E-state index in [4.69, 9.17) is 4.74 Å². The number of anilines is 1.